The number of halogens is 4. The van der Waals surface area contributed by atoms with E-state index in [-0.39, 0.29) is 31.2 Å². The first-order valence-electron chi connectivity index (χ1n) is 7.87. The number of alkyl halides is 4. The summed E-state index contributed by atoms with van der Waals surface area (Å²) < 4.78 is 85.3. The first-order chi connectivity index (χ1) is 10.7. The average molecular weight is 360 g/mol. The summed E-state index contributed by atoms with van der Waals surface area (Å²) in [6.45, 7) is 0.612. The molecule has 0 radical (unpaired) electrons. The van der Waals surface area contributed by atoms with Gasteiger partial charge in [0.25, 0.3) is 0 Å². The van der Waals surface area contributed by atoms with Crippen LogP contribution in [0.25, 0.3) is 0 Å². The van der Waals surface area contributed by atoms with Crippen LogP contribution in [0.15, 0.2) is 0 Å². The molecule has 1 aliphatic heterocycles. The number of rotatable bonds is 5. The molecule has 0 aromatic heterocycles. The van der Waals surface area contributed by atoms with Crippen LogP contribution in [0.1, 0.15) is 38.5 Å². The highest BCUT2D eigenvalue weighted by Gasteiger charge is 2.69. The lowest BCUT2D eigenvalue weighted by Crippen LogP contribution is -2.51. The molecule has 0 amide bonds. The molecule has 3 fully saturated rings. The number of hydrogen-bond donors (Lipinski definition) is 1. The Morgan fingerprint density at radius 1 is 1.09 bits per heavy atom. The van der Waals surface area contributed by atoms with Crippen molar-refractivity contribution in [3.05, 3.63) is 0 Å². The van der Waals surface area contributed by atoms with E-state index < -0.39 is 34.1 Å². The van der Waals surface area contributed by atoms with Crippen molar-refractivity contribution in [2.24, 2.45) is 17.8 Å². The smallest absolute Gasteiger partial charge is 0.353 e. The molecule has 23 heavy (non-hydrogen) atoms. The quantitative estimate of drug-likeness (QED) is 0.603. The molecule has 4 nitrogen and oxygen atoms in total. The number of hydrogen-bond acceptors (Lipinski definition) is 3. The Labute approximate surface area is 134 Å². The van der Waals surface area contributed by atoms with Crippen LogP contribution in [0.3, 0.4) is 0 Å². The van der Waals surface area contributed by atoms with E-state index in [0.29, 0.717) is 13.0 Å². The van der Waals surface area contributed by atoms with Gasteiger partial charge in [-0.25, -0.2) is 4.21 Å². The van der Waals surface area contributed by atoms with E-state index in [4.69, 9.17) is 14.0 Å². The molecule has 1 N–H and O–H groups in total. The van der Waals surface area contributed by atoms with E-state index in [1.165, 1.54) is 0 Å². The van der Waals surface area contributed by atoms with Crippen LogP contribution in [-0.2, 0) is 20.6 Å². The highest BCUT2D eigenvalue weighted by atomic mass is 32.2. The van der Waals surface area contributed by atoms with E-state index in [0.717, 1.165) is 19.3 Å². The molecule has 6 unspecified atom stereocenters. The molecule has 134 valence electrons. The van der Waals surface area contributed by atoms with Gasteiger partial charge in [-0.15, -0.1) is 0 Å². The van der Waals surface area contributed by atoms with Gasteiger partial charge < -0.3 is 14.0 Å². The molecule has 1 heterocycles. The van der Waals surface area contributed by atoms with Gasteiger partial charge in [0.05, 0.1) is 6.10 Å². The Bertz CT molecular complexity index is 470. The van der Waals surface area contributed by atoms with Crippen LogP contribution in [-0.4, -0.2) is 38.9 Å². The minimum atomic E-state index is -4.93. The molecule has 3 rings (SSSR count). The maximum Gasteiger partial charge on any atom is 0.406 e. The maximum atomic E-state index is 14.0. The Balaban J connectivity index is 1.62. The summed E-state index contributed by atoms with van der Waals surface area (Å²) in [4.78, 5) is 0. The summed E-state index contributed by atoms with van der Waals surface area (Å²) in [6, 6.07) is 0. The largest absolute Gasteiger partial charge is 0.406 e. The van der Waals surface area contributed by atoms with Crippen molar-refractivity contribution in [3.8, 4) is 0 Å². The van der Waals surface area contributed by atoms with Gasteiger partial charge in [0.1, 0.15) is 0 Å². The van der Waals surface area contributed by atoms with Crippen LogP contribution in [0.2, 0.25) is 0 Å². The number of fused-ring (bicyclic) bond motifs is 2. The standard InChI is InChI=1S/C14H20F4O4S/c15-13(16,14(17,18)23(19)20)10-6-9-5-8(10)7-11(9)22-12-3-1-2-4-21-12/h8-12H,1-7H2,(H,19,20). The first-order valence-corrected chi connectivity index (χ1v) is 8.97. The second kappa shape index (κ2) is 6.24. The Morgan fingerprint density at radius 3 is 2.35 bits per heavy atom. The second-order valence-corrected chi connectivity index (χ2v) is 7.70. The molecule has 3 aliphatic rings. The Hall–Kier alpha value is -0.250. The summed E-state index contributed by atoms with van der Waals surface area (Å²) >= 11 is -3.89. The monoisotopic (exact) mass is 360 g/mol. The first kappa shape index (κ1) is 17.6. The van der Waals surface area contributed by atoms with Crippen molar-refractivity contribution in [3.63, 3.8) is 0 Å². The average Bonchev–Trinajstić information content (AvgIpc) is 3.08. The Kier molecular flexibility index (Phi) is 4.76. The zero-order valence-corrected chi connectivity index (χ0v) is 13.2. The highest BCUT2D eigenvalue weighted by Crippen LogP contribution is 2.58. The lowest BCUT2D eigenvalue weighted by atomic mass is 9.82. The topological polar surface area (TPSA) is 55.8 Å². The van der Waals surface area contributed by atoms with Crippen LogP contribution in [0.5, 0.6) is 0 Å². The van der Waals surface area contributed by atoms with Crippen molar-refractivity contribution < 1.29 is 35.8 Å². The molecule has 2 saturated carbocycles. The van der Waals surface area contributed by atoms with E-state index in [1.807, 2.05) is 0 Å². The van der Waals surface area contributed by atoms with Gasteiger partial charge in [-0.1, -0.05) is 0 Å². The number of ether oxygens (including phenoxy) is 2. The third kappa shape index (κ3) is 3.05. The predicted molar refractivity (Wildman–Crippen MR) is 73.5 cm³/mol. The van der Waals surface area contributed by atoms with Crippen molar-refractivity contribution >= 4 is 11.1 Å². The van der Waals surface area contributed by atoms with Crippen molar-refractivity contribution in [2.45, 2.75) is 62.1 Å². The van der Waals surface area contributed by atoms with Crippen molar-refractivity contribution in [1.82, 2.24) is 0 Å². The second-order valence-electron chi connectivity index (χ2n) is 6.69. The zero-order valence-electron chi connectivity index (χ0n) is 12.4. The van der Waals surface area contributed by atoms with Gasteiger partial charge in [0, 0.05) is 12.5 Å². The third-order valence-corrected chi connectivity index (χ3v) is 6.04. The van der Waals surface area contributed by atoms with E-state index in [9.17, 15) is 21.8 Å². The van der Waals surface area contributed by atoms with E-state index in [1.54, 1.807) is 0 Å². The molecular weight excluding hydrogens is 340 g/mol. The third-order valence-electron chi connectivity index (χ3n) is 5.33. The molecule has 0 aromatic rings. The van der Waals surface area contributed by atoms with Crippen LogP contribution < -0.4 is 0 Å². The van der Waals surface area contributed by atoms with Gasteiger partial charge in [-0.2, -0.15) is 17.6 Å². The fraction of sp³-hybridized carbons (Fsp3) is 1.00. The zero-order chi connectivity index (χ0) is 16.8. The molecule has 2 aliphatic carbocycles. The van der Waals surface area contributed by atoms with E-state index in [2.05, 4.69) is 0 Å². The van der Waals surface area contributed by atoms with Gasteiger partial charge >= 0.3 is 11.2 Å². The fourth-order valence-corrected chi connectivity index (χ4v) is 4.56. The van der Waals surface area contributed by atoms with Gasteiger partial charge in [-0.3, -0.25) is 0 Å². The molecule has 9 heteroatoms. The SMILES string of the molecule is O=S(O)C(F)(F)C(F)(F)C1CC2CC1CC2OC1CCCCO1. The van der Waals surface area contributed by atoms with Gasteiger partial charge in [0.2, 0.25) is 11.1 Å². The van der Waals surface area contributed by atoms with Crippen molar-refractivity contribution in [1.29, 1.82) is 0 Å². The molecule has 1 saturated heterocycles. The fourth-order valence-electron chi connectivity index (χ4n) is 4.18. The van der Waals surface area contributed by atoms with Crippen LogP contribution in [0, 0.1) is 17.8 Å². The lowest BCUT2D eigenvalue weighted by molar-refractivity contribution is -0.220. The molecule has 2 bridgehead atoms. The predicted octanol–water partition coefficient (Wildman–Crippen LogP) is 3.39. The summed E-state index contributed by atoms with van der Waals surface area (Å²) in [6.07, 6.45) is 2.70. The summed E-state index contributed by atoms with van der Waals surface area (Å²) in [5, 5.41) is -4.93. The molecule has 0 spiro atoms. The normalized spacial score (nSPS) is 39.6. The lowest BCUT2D eigenvalue weighted by Gasteiger charge is -2.37. The summed E-state index contributed by atoms with van der Waals surface area (Å²) in [5.41, 5.74) is 0. The summed E-state index contributed by atoms with van der Waals surface area (Å²) in [7, 11) is 0. The summed E-state index contributed by atoms with van der Waals surface area (Å²) in [5.74, 6) is -6.90. The van der Waals surface area contributed by atoms with E-state index >= 15 is 0 Å². The highest BCUT2D eigenvalue weighted by molar-refractivity contribution is 7.80. The van der Waals surface area contributed by atoms with Gasteiger partial charge in [0.15, 0.2) is 6.29 Å². The van der Waals surface area contributed by atoms with Crippen LogP contribution in [0.4, 0.5) is 17.6 Å². The molecule has 6 atom stereocenters. The maximum absolute atomic E-state index is 14.0. The minimum absolute atomic E-state index is 0.109. The molecular formula is C14H20F4O4S. The Morgan fingerprint density at radius 2 is 1.83 bits per heavy atom. The molecule has 0 aromatic carbocycles. The minimum Gasteiger partial charge on any atom is -0.353 e. The van der Waals surface area contributed by atoms with Crippen molar-refractivity contribution in [2.75, 3.05) is 6.61 Å². The van der Waals surface area contributed by atoms with Gasteiger partial charge in [-0.05, 0) is 50.4 Å². The van der Waals surface area contributed by atoms with Crippen LogP contribution >= 0.6 is 0 Å².